The van der Waals surface area contributed by atoms with Gasteiger partial charge in [-0.3, -0.25) is 5.10 Å². The van der Waals surface area contributed by atoms with Crippen LogP contribution in [0.3, 0.4) is 0 Å². The Hall–Kier alpha value is -0.880. The summed E-state index contributed by atoms with van der Waals surface area (Å²) in [4.78, 5) is 2.67. The van der Waals surface area contributed by atoms with Crippen LogP contribution in [0.25, 0.3) is 0 Å². The van der Waals surface area contributed by atoms with Crippen LogP contribution in [0.4, 0.5) is 0 Å². The molecule has 0 spiro atoms. The van der Waals surface area contributed by atoms with Crippen LogP contribution in [0, 0.1) is 0 Å². The number of hydrogen-bond acceptors (Lipinski definition) is 4. The van der Waals surface area contributed by atoms with E-state index < -0.39 is 9.84 Å². The highest BCUT2D eigenvalue weighted by atomic mass is 32.2. The van der Waals surface area contributed by atoms with Gasteiger partial charge in [-0.15, -0.1) is 0 Å². The van der Waals surface area contributed by atoms with E-state index in [1.807, 2.05) is 0 Å². The molecule has 1 fully saturated rings. The molecule has 1 aliphatic rings. The molecule has 0 amide bonds. The van der Waals surface area contributed by atoms with Gasteiger partial charge in [0.2, 0.25) is 0 Å². The smallest absolute Gasteiger partial charge is 0.178 e. The number of nitrogens with one attached hydrogen (secondary N) is 1. The minimum absolute atomic E-state index is 0.271. The van der Waals surface area contributed by atoms with E-state index in [0.717, 1.165) is 31.7 Å². The fourth-order valence-corrected chi connectivity index (χ4v) is 3.08. The van der Waals surface area contributed by atoms with E-state index in [-0.39, 0.29) is 5.92 Å². The summed E-state index contributed by atoms with van der Waals surface area (Å²) in [5.41, 5.74) is 0.776. The third-order valence-corrected chi connectivity index (χ3v) is 4.28. The Morgan fingerprint density at radius 3 is 2.94 bits per heavy atom. The number of likely N-dealkylation sites (N-methyl/N-ethyl adjacent to an activating group) is 1. The van der Waals surface area contributed by atoms with Crippen molar-refractivity contribution in [1.29, 1.82) is 0 Å². The number of aromatic nitrogens is 2. The van der Waals surface area contributed by atoms with Crippen molar-refractivity contribution in [2.24, 2.45) is 0 Å². The number of likely N-dealkylation sites (tertiary alicyclic amines) is 1. The summed E-state index contributed by atoms with van der Waals surface area (Å²) in [7, 11) is -3.16. The van der Waals surface area contributed by atoms with Gasteiger partial charge in [0.1, 0.15) is 4.90 Å². The van der Waals surface area contributed by atoms with Crippen LogP contribution in [0.5, 0.6) is 0 Å². The van der Waals surface area contributed by atoms with Crippen molar-refractivity contribution in [2.45, 2.75) is 24.2 Å². The first-order valence-corrected chi connectivity index (χ1v) is 7.37. The summed E-state index contributed by atoms with van der Waals surface area (Å²) >= 11 is 0. The molecule has 0 bridgehead atoms. The predicted octanol–water partition coefficient (Wildman–Crippen LogP) is 0.622. The Morgan fingerprint density at radius 1 is 1.62 bits per heavy atom. The zero-order valence-corrected chi connectivity index (χ0v) is 10.4. The quantitative estimate of drug-likeness (QED) is 0.845. The molecule has 6 heteroatoms. The van der Waals surface area contributed by atoms with Crippen molar-refractivity contribution in [3.8, 4) is 0 Å². The third kappa shape index (κ3) is 2.12. The molecule has 90 valence electrons. The Kier molecular flexibility index (Phi) is 3.03. The SMILES string of the molecule is CCN1CC[C@@H](c2[nH]ncc2S(C)(=O)=O)C1. The monoisotopic (exact) mass is 243 g/mol. The summed E-state index contributed by atoms with van der Waals surface area (Å²) in [6.07, 6.45) is 3.64. The van der Waals surface area contributed by atoms with E-state index in [0.29, 0.717) is 4.90 Å². The molecule has 0 aromatic carbocycles. The largest absolute Gasteiger partial charge is 0.303 e. The molecule has 2 rings (SSSR count). The highest BCUT2D eigenvalue weighted by Gasteiger charge is 2.28. The summed E-state index contributed by atoms with van der Waals surface area (Å²) in [5, 5.41) is 6.70. The molecule has 1 saturated heterocycles. The highest BCUT2D eigenvalue weighted by molar-refractivity contribution is 7.90. The highest BCUT2D eigenvalue weighted by Crippen LogP contribution is 2.29. The average Bonchev–Trinajstić information content (AvgIpc) is 2.84. The molecule has 0 aliphatic carbocycles. The van der Waals surface area contributed by atoms with Crippen molar-refractivity contribution >= 4 is 9.84 Å². The maximum atomic E-state index is 11.5. The summed E-state index contributed by atoms with van der Waals surface area (Å²) in [6, 6.07) is 0. The van der Waals surface area contributed by atoms with Crippen LogP contribution >= 0.6 is 0 Å². The van der Waals surface area contributed by atoms with Crippen molar-refractivity contribution in [3.63, 3.8) is 0 Å². The zero-order chi connectivity index (χ0) is 11.8. The molecule has 1 aliphatic heterocycles. The van der Waals surface area contributed by atoms with Gasteiger partial charge in [-0.2, -0.15) is 5.10 Å². The lowest BCUT2D eigenvalue weighted by molar-refractivity contribution is 0.353. The first-order valence-electron chi connectivity index (χ1n) is 5.48. The molecule has 0 radical (unpaired) electrons. The molecule has 0 saturated carbocycles. The lowest BCUT2D eigenvalue weighted by Gasteiger charge is -2.12. The van der Waals surface area contributed by atoms with Crippen molar-refractivity contribution < 1.29 is 8.42 Å². The van der Waals surface area contributed by atoms with Crippen LogP contribution in [-0.2, 0) is 9.84 Å². The number of nitrogens with zero attached hydrogens (tertiary/aromatic N) is 2. The number of aromatic amines is 1. The topological polar surface area (TPSA) is 66.1 Å². The first kappa shape index (κ1) is 11.6. The van der Waals surface area contributed by atoms with Gasteiger partial charge in [0.15, 0.2) is 9.84 Å². The lowest BCUT2D eigenvalue weighted by Crippen LogP contribution is -2.19. The lowest BCUT2D eigenvalue weighted by atomic mass is 10.1. The number of sulfone groups is 1. The second-order valence-electron chi connectivity index (χ2n) is 4.30. The third-order valence-electron chi connectivity index (χ3n) is 3.16. The molecule has 1 aromatic rings. The van der Waals surface area contributed by atoms with Gasteiger partial charge >= 0.3 is 0 Å². The van der Waals surface area contributed by atoms with E-state index in [4.69, 9.17) is 0 Å². The van der Waals surface area contributed by atoms with Crippen LogP contribution in [0.15, 0.2) is 11.1 Å². The van der Waals surface area contributed by atoms with Crippen LogP contribution in [0.2, 0.25) is 0 Å². The predicted molar refractivity (Wildman–Crippen MR) is 61.2 cm³/mol. The first-order chi connectivity index (χ1) is 7.52. The fraction of sp³-hybridized carbons (Fsp3) is 0.700. The maximum Gasteiger partial charge on any atom is 0.178 e. The Bertz CT molecular complexity index is 466. The van der Waals surface area contributed by atoms with Crippen molar-refractivity contribution in [1.82, 2.24) is 15.1 Å². The normalized spacial score (nSPS) is 22.8. The van der Waals surface area contributed by atoms with E-state index in [9.17, 15) is 8.42 Å². The van der Waals surface area contributed by atoms with Gasteiger partial charge in [-0.25, -0.2) is 8.42 Å². The molecule has 1 aromatic heterocycles. The Balaban J connectivity index is 2.26. The summed E-state index contributed by atoms with van der Waals surface area (Å²) in [5.74, 6) is 0.271. The molecule has 1 N–H and O–H groups in total. The van der Waals surface area contributed by atoms with Crippen molar-refractivity contribution in [2.75, 3.05) is 25.9 Å². The van der Waals surface area contributed by atoms with Crippen LogP contribution < -0.4 is 0 Å². The molecule has 0 unspecified atom stereocenters. The van der Waals surface area contributed by atoms with Crippen LogP contribution in [0.1, 0.15) is 25.0 Å². The van der Waals surface area contributed by atoms with Gasteiger partial charge < -0.3 is 4.90 Å². The second kappa shape index (κ2) is 4.18. The fourth-order valence-electron chi connectivity index (χ4n) is 2.23. The number of rotatable bonds is 3. The summed E-state index contributed by atoms with van der Waals surface area (Å²) < 4.78 is 23.1. The van der Waals surface area contributed by atoms with Crippen molar-refractivity contribution in [3.05, 3.63) is 11.9 Å². The van der Waals surface area contributed by atoms with Gasteiger partial charge in [-0.05, 0) is 19.5 Å². The zero-order valence-electron chi connectivity index (χ0n) is 9.60. The van der Waals surface area contributed by atoms with E-state index in [1.165, 1.54) is 12.5 Å². The molecule has 1 atom stereocenters. The van der Waals surface area contributed by atoms with Gasteiger partial charge in [0.25, 0.3) is 0 Å². The molecule has 16 heavy (non-hydrogen) atoms. The van der Waals surface area contributed by atoms with E-state index in [2.05, 4.69) is 22.0 Å². The molecular weight excluding hydrogens is 226 g/mol. The molecular formula is C10H17N3O2S. The average molecular weight is 243 g/mol. The minimum atomic E-state index is -3.16. The van der Waals surface area contributed by atoms with Crippen LogP contribution in [-0.4, -0.2) is 49.4 Å². The minimum Gasteiger partial charge on any atom is -0.303 e. The number of H-pyrrole nitrogens is 1. The second-order valence-corrected chi connectivity index (χ2v) is 6.28. The van der Waals surface area contributed by atoms with E-state index in [1.54, 1.807) is 0 Å². The Morgan fingerprint density at radius 2 is 2.38 bits per heavy atom. The summed E-state index contributed by atoms with van der Waals surface area (Å²) in [6.45, 7) is 5.08. The molecule has 2 heterocycles. The van der Waals surface area contributed by atoms with E-state index >= 15 is 0 Å². The maximum absolute atomic E-state index is 11.5. The standard InChI is InChI=1S/C10H17N3O2S/c1-3-13-5-4-8(7-13)10-9(6-11-12-10)16(2,14)15/h6,8H,3-5,7H2,1-2H3,(H,11,12)/t8-/m1/s1. The van der Waals surface area contributed by atoms with Gasteiger partial charge in [0.05, 0.1) is 11.9 Å². The number of hydrogen-bond donors (Lipinski definition) is 1. The van der Waals surface area contributed by atoms with Gasteiger partial charge in [-0.1, -0.05) is 6.92 Å². The van der Waals surface area contributed by atoms with Gasteiger partial charge in [0, 0.05) is 18.7 Å². The molecule has 5 nitrogen and oxygen atoms in total. The Labute approximate surface area is 95.8 Å².